The predicted molar refractivity (Wildman–Crippen MR) is 72.0 cm³/mol. The van der Waals surface area contributed by atoms with Gasteiger partial charge in [0.2, 0.25) is 0 Å². The maximum Gasteiger partial charge on any atom is 0.196 e. The van der Waals surface area contributed by atoms with E-state index < -0.39 is 17.4 Å². The number of hydrogen-bond donors (Lipinski definition) is 0. The standard InChI is InChI=1S/C16H14F2O2/c1-2-9-20-13-6-3-11(4-7-13)16(19)14-10-12(17)5-8-15(14)18/h3-8,10H,2,9H2,1H3. The summed E-state index contributed by atoms with van der Waals surface area (Å²) in [5, 5.41) is 0. The van der Waals surface area contributed by atoms with E-state index in [9.17, 15) is 13.6 Å². The first-order valence-electron chi connectivity index (χ1n) is 6.34. The molecule has 0 saturated carbocycles. The van der Waals surface area contributed by atoms with Crippen molar-refractivity contribution in [2.45, 2.75) is 13.3 Å². The Balaban J connectivity index is 2.22. The molecule has 0 N–H and O–H groups in total. The van der Waals surface area contributed by atoms with E-state index in [4.69, 9.17) is 4.74 Å². The maximum absolute atomic E-state index is 13.5. The van der Waals surface area contributed by atoms with Crippen LogP contribution in [0.5, 0.6) is 5.75 Å². The fraction of sp³-hybridized carbons (Fsp3) is 0.188. The summed E-state index contributed by atoms with van der Waals surface area (Å²) in [7, 11) is 0. The number of rotatable bonds is 5. The Bertz CT molecular complexity index is 606. The third-order valence-corrected chi connectivity index (χ3v) is 2.76. The Morgan fingerprint density at radius 3 is 2.45 bits per heavy atom. The second kappa shape index (κ2) is 6.28. The molecule has 0 aromatic heterocycles. The summed E-state index contributed by atoms with van der Waals surface area (Å²) in [5.74, 6) is -1.28. The van der Waals surface area contributed by atoms with Crippen molar-refractivity contribution in [2.75, 3.05) is 6.61 Å². The lowest BCUT2D eigenvalue weighted by Gasteiger charge is -2.06. The van der Waals surface area contributed by atoms with Crippen molar-refractivity contribution in [1.82, 2.24) is 0 Å². The molecule has 2 rings (SSSR count). The normalized spacial score (nSPS) is 10.3. The Morgan fingerprint density at radius 1 is 1.10 bits per heavy atom. The number of hydrogen-bond acceptors (Lipinski definition) is 2. The van der Waals surface area contributed by atoms with Crippen LogP contribution in [-0.2, 0) is 0 Å². The molecule has 0 amide bonds. The zero-order valence-corrected chi connectivity index (χ0v) is 11.0. The van der Waals surface area contributed by atoms with Gasteiger partial charge in [0.1, 0.15) is 17.4 Å². The van der Waals surface area contributed by atoms with Crippen LogP contribution in [0.4, 0.5) is 8.78 Å². The van der Waals surface area contributed by atoms with Gasteiger partial charge >= 0.3 is 0 Å². The topological polar surface area (TPSA) is 26.3 Å². The summed E-state index contributed by atoms with van der Waals surface area (Å²) >= 11 is 0. The Hall–Kier alpha value is -2.23. The summed E-state index contributed by atoms with van der Waals surface area (Å²) in [6, 6.07) is 9.18. The van der Waals surface area contributed by atoms with Crippen molar-refractivity contribution >= 4 is 5.78 Å². The number of benzene rings is 2. The van der Waals surface area contributed by atoms with Crippen molar-refractivity contribution in [3.8, 4) is 5.75 Å². The van der Waals surface area contributed by atoms with E-state index in [0.29, 0.717) is 17.9 Å². The molecular weight excluding hydrogens is 262 g/mol. The third-order valence-electron chi connectivity index (χ3n) is 2.76. The van der Waals surface area contributed by atoms with Gasteiger partial charge in [0, 0.05) is 5.56 Å². The molecule has 0 fully saturated rings. The Kier molecular flexibility index (Phi) is 4.45. The van der Waals surface area contributed by atoms with Gasteiger partial charge in [-0.05, 0) is 48.9 Å². The van der Waals surface area contributed by atoms with Gasteiger partial charge in [0.05, 0.1) is 12.2 Å². The Morgan fingerprint density at radius 2 is 1.80 bits per heavy atom. The molecule has 0 heterocycles. The van der Waals surface area contributed by atoms with E-state index in [1.807, 2.05) is 6.92 Å². The molecule has 0 aliphatic carbocycles. The van der Waals surface area contributed by atoms with Crippen molar-refractivity contribution in [1.29, 1.82) is 0 Å². The predicted octanol–water partition coefficient (Wildman–Crippen LogP) is 3.98. The monoisotopic (exact) mass is 276 g/mol. The first-order valence-corrected chi connectivity index (χ1v) is 6.34. The van der Waals surface area contributed by atoms with Crippen LogP contribution in [0, 0.1) is 11.6 Å². The van der Waals surface area contributed by atoms with Crippen molar-refractivity contribution in [2.24, 2.45) is 0 Å². The van der Waals surface area contributed by atoms with Crippen molar-refractivity contribution < 1.29 is 18.3 Å². The van der Waals surface area contributed by atoms with Crippen LogP contribution in [0.1, 0.15) is 29.3 Å². The summed E-state index contributed by atoms with van der Waals surface area (Å²) in [6.07, 6.45) is 0.884. The average molecular weight is 276 g/mol. The summed E-state index contributed by atoms with van der Waals surface area (Å²) in [5.41, 5.74) is 0.0191. The molecule has 0 radical (unpaired) electrons. The highest BCUT2D eigenvalue weighted by molar-refractivity contribution is 6.09. The van der Waals surface area contributed by atoms with E-state index >= 15 is 0 Å². The number of carbonyl (C=O) groups excluding carboxylic acids is 1. The molecule has 2 aromatic rings. The van der Waals surface area contributed by atoms with Gasteiger partial charge < -0.3 is 4.74 Å². The van der Waals surface area contributed by atoms with Crippen LogP contribution in [0.3, 0.4) is 0 Å². The van der Waals surface area contributed by atoms with Crippen LogP contribution in [0.2, 0.25) is 0 Å². The largest absolute Gasteiger partial charge is 0.494 e. The minimum Gasteiger partial charge on any atom is -0.494 e. The molecule has 104 valence electrons. The fourth-order valence-electron chi connectivity index (χ4n) is 1.75. The zero-order chi connectivity index (χ0) is 14.5. The number of ether oxygens (including phenoxy) is 1. The number of carbonyl (C=O) groups is 1. The second-order valence-corrected chi connectivity index (χ2v) is 4.33. The molecule has 2 aromatic carbocycles. The first kappa shape index (κ1) is 14.2. The molecule has 20 heavy (non-hydrogen) atoms. The summed E-state index contributed by atoms with van der Waals surface area (Å²) < 4.78 is 32.0. The van der Waals surface area contributed by atoms with E-state index in [1.165, 1.54) is 12.1 Å². The molecule has 0 unspecified atom stereocenters. The van der Waals surface area contributed by atoms with Crippen LogP contribution in [0.25, 0.3) is 0 Å². The molecular formula is C16H14F2O2. The van der Waals surface area contributed by atoms with Crippen molar-refractivity contribution in [3.63, 3.8) is 0 Å². The van der Waals surface area contributed by atoms with E-state index in [0.717, 1.165) is 24.6 Å². The molecule has 2 nitrogen and oxygen atoms in total. The lowest BCUT2D eigenvalue weighted by molar-refractivity contribution is 0.103. The van der Waals surface area contributed by atoms with Gasteiger partial charge in [0.15, 0.2) is 5.78 Å². The molecule has 0 aliphatic rings. The Labute approximate surface area is 116 Å². The van der Waals surface area contributed by atoms with Crippen LogP contribution < -0.4 is 4.74 Å². The van der Waals surface area contributed by atoms with E-state index in [1.54, 1.807) is 12.1 Å². The number of ketones is 1. The van der Waals surface area contributed by atoms with E-state index in [2.05, 4.69) is 0 Å². The highest BCUT2D eigenvalue weighted by Gasteiger charge is 2.15. The van der Waals surface area contributed by atoms with Crippen LogP contribution >= 0.6 is 0 Å². The van der Waals surface area contributed by atoms with Gasteiger partial charge in [-0.1, -0.05) is 6.92 Å². The smallest absolute Gasteiger partial charge is 0.196 e. The van der Waals surface area contributed by atoms with Gasteiger partial charge in [0.25, 0.3) is 0 Å². The van der Waals surface area contributed by atoms with E-state index in [-0.39, 0.29) is 5.56 Å². The quantitative estimate of drug-likeness (QED) is 0.772. The highest BCUT2D eigenvalue weighted by atomic mass is 19.1. The lowest BCUT2D eigenvalue weighted by Crippen LogP contribution is -2.05. The molecule has 0 saturated heterocycles. The fourth-order valence-corrected chi connectivity index (χ4v) is 1.75. The summed E-state index contributed by atoms with van der Waals surface area (Å²) in [6.45, 7) is 2.58. The van der Waals surface area contributed by atoms with Crippen molar-refractivity contribution in [3.05, 3.63) is 65.2 Å². The highest BCUT2D eigenvalue weighted by Crippen LogP contribution is 2.18. The molecule has 4 heteroatoms. The van der Waals surface area contributed by atoms with Gasteiger partial charge in [-0.2, -0.15) is 0 Å². The minimum absolute atomic E-state index is 0.271. The summed E-state index contributed by atoms with van der Waals surface area (Å²) in [4.78, 5) is 12.1. The second-order valence-electron chi connectivity index (χ2n) is 4.33. The zero-order valence-electron chi connectivity index (χ0n) is 11.0. The van der Waals surface area contributed by atoms with Gasteiger partial charge in [-0.3, -0.25) is 4.79 Å². The molecule has 0 bridgehead atoms. The number of halogens is 2. The first-order chi connectivity index (χ1) is 9.61. The average Bonchev–Trinajstić information content (AvgIpc) is 2.47. The van der Waals surface area contributed by atoms with Gasteiger partial charge in [-0.15, -0.1) is 0 Å². The van der Waals surface area contributed by atoms with Crippen LogP contribution in [-0.4, -0.2) is 12.4 Å². The SMILES string of the molecule is CCCOc1ccc(C(=O)c2cc(F)ccc2F)cc1. The molecule has 0 spiro atoms. The minimum atomic E-state index is -0.734. The van der Waals surface area contributed by atoms with Crippen LogP contribution in [0.15, 0.2) is 42.5 Å². The molecule has 0 aliphatic heterocycles. The molecule has 0 atom stereocenters. The third kappa shape index (κ3) is 3.20. The maximum atomic E-state index is 13.5. The lowest BCUT2D eigenvalue weighted by atomic mass is 10.0. The van der Waals surface area contributed by atoms with Gasteiger partial charge in [-0.25, -0.2) is 8.78 Å².